The molecule has 0 radical (unpaired) electrons. The first-order valence-electron chi connectivity index (χ1n) is 20.2. The maximum Gasteiger partial charge on any atom is 0.160 e. The standard InChI is InChI=1S/C56H44N2/c1-4-6-16-42(33-38(3)5-2)44-20-15-22-47(35-44)55-37-54(46-21-14-19-43(34-46)39-17-8-7-9-18-39)57-56(58-55)41-29-27-40(28-30-41)45-31-32-52-50-25-11-10-23-48(50)49-24-12-13-26-51(49)53(52)36-45/h4,6-37H,5H2,1-3H3/b6-4-,38-33+,42-16+. The Morgan fingerprint density at radius 3 is 1.60 bits per heavy atom. The van der Waals surface area contributed by atoms with Crippen LogP contribution in [0.15, 0.2) is 206 Å². The molecule has 9 aromatic rings. The second-order valence-corrected chi connectivity index (χ2v) is 14.9. The van der Waals surface area contributed by atoms with E-state index in [4.69, 9.17) is 9.97 Å². The highest BCUT2D eigenvalue weighted by Crippen LogP contribution is 2.38. The monoisotopic (exact) mass is 744 g/mol. The van der Waals surface area contributed by atoms with E-state index >= 15 is 0 Å². The van der Waals surface area contributed by atoms with Crippen molar-refractivity contribution in [1.29, 1.82) is 0 Å². The molecule has 1 heterocycles. The van der Waals surface area contributed by atoms with Gasteiger partial charge in [0.05, 0.1) is 11.4 Å². The number of benzene rings is 8. The van der Waals surface area contributed by atoms with Gasteiger partial charge in [0, 0.05) is 16.7 Å². The first kappa shape index (κ1) is 36.5. The molecule has 0 aliphatic rings. The van der Waals surface area contributed by atoms with Gasteiger partial charge in [-0.15, -0.1) is 0 Å². The van der Waals surface area contributed by atoms with E-state index in [1.54, 1.807) is 0 Å². The van der Waals surface area contributed by atoms with Gasteiger partial charge in [-0.05, 0) is 110 Å². The first-order chi connectivity index (χ1) is 28.6. The summed E-state index contributed by atoms with van der Waals surface area (Å²) >= 11 is 0. The molecule has 0 N–H and O–H groups in total. The molecule has 0 saturated heterocycles. The highest BCUT2D eigenvalue weighted by molar-refractivity contribution is 6.25. The minimum Gasteiger partial charge on any atom is -0.228 e. The zero-order valence-electron chi connectivity index (χ0n) is 33.2. The number of rotatable bonds is 9. The van der Waals surface area contributed by atoms with Crippen molar-refractivity contribution in [1.82, 2.24) is 9.97 Å². The molecule has 278 valence electrons. The van der Waals surface area contributed by atoms with Crippen molar-refractivity contribution in [3.8, 4) is 56.2 Å². The van der Waals surface area contributed by atoms with E-state index < -0.39 is 0 Å². The summed E-state index contributed by atoms with van der Waals surface area (Å²) in [6.07, 6.45) is 9.65. The molecule has 0 unspecified atom stereocenters. The van der Waals surface area contributed by atoms with Crippen LogP contribution in [0.4, 0.5) is 0 Å². The lowest BCUT2D eigenvalue weighted by molar-refractivity contribution is 1.10. The molecule has 2 nitrogen and oxygen atoms in total. The van der Waals surface area contributed by atoms with Crippen LogP contribution in [-0.4, -0.2) is 9.97 Å². The van der Waals surface area contributed by atoms with Gasteiger partial charge in [-0.2, -0.15) is 0 Å². The molecule has 0 atom stereocenters. The van der Waals surface area contributed by atoms with Crippen LogP contribution in [-0.2, 0) is 0 Å². The van der Waals surface area contributed by atoms with Crippen LogP contribution in [0.2, 0.25) is 0 Å². The van der Waals surface area contributed by atoms with E-state index in [2.05, 4.69) is 221 Å². The fourth-order valence-corrected chi connectivity index (χ4v) is 7.91. The third-order valence-electron chi connectivity index (χ3n) is 11.1. The fraction of sp³-hybridized carbons (Fsp3) is 0.0714. The molecule has 0 aliphatic carbocycles. The zero-order valence-corrected chi connectivity index (χ0v) is 33.2. The maximum absolute atomic E-state index is 5.27. The van der Waals surface area contributed by atoms with Crippen LogP contribution < -0.4 is 0 Å². The molecular formula is C56H44N2. The van der Waals surface area contributed by atoms with E-state index in [-0.39, 0.29) is 0 Å². The van der Waals surface area contributed by atoms with Crippen molar-refractivity contribution in [2.75, 3.05) is 0 Å². The number of hydrogen-bond acceptors (Lipinski definition) is 2. The summed E-state index contributed by atoms with van der Waals surface area (Å²) in [5, 5.41) is 7.66. The Morgan fingerprint density at radius 1 is 0.448 bits per heavy atom. The third-order valence-corrected chi connectivity index (χ3v) is 11.1. The van der Waals surface area contributed by atoms with Gasteiger partial charge in [-0.3, -0.25) is 0 Å². The number of aromatic nitrogens is 2. The number of fused-ring (bicyclic) bond motifs is 6. The van der Waals surface area contributed by atoms with Crippen molar-refractivity contribution in [2.45, 2.75) is 27.2 Å². The Balaban J connectivity index is 1.15. The van der Waals surface area contributed by atoms with Crippen LogP contribution in [0, 0.1) is 0 Å². The zero-order chi connectivity index (χ0) is 39.4. The molecule has 58 heavy (non-hydrogen) atoms. The first-order valence-corrected chi connectivity index (χ1v) is 20.2. The van der Waals surface area contributed by atoms with Crippen LogP contribution in [0.25, 0.3) is 94.0 Å². The van der Waals surface area contributed by atoms with Crippen LogP contribution >= 0.6 is 0 Å². The minimum atomic E-state index is 0.692. The Morgan fingerprint density at radius 2 is 0.948 bits per heavy atom. The predicted molar refractivity (Wildman–Crippen MR) is 249 cm³/mol. The molecule has 0 aliphatic heterocycles. The summed E-state index contributed by atoms with van der Waals surface area (Å²) in [6, 6.07) is 63.1. The predicted octanol–water partition coefficient (Wildman–Crippen LogP) is 15.6. The lowest BCUT2D eigenvalue weighted by atomic mass is 9.92. The normalized spacial score (nSPS) is 12.3. The lowest BCUT2D eigenvalue weighted by Gasteiger charge is -2.13. The van der Waals surface area contributed by atoms with E-state index in [1.165, 1.54) is 54.6 Å². The number of allylic oxidation sites excluding steroid dienone is 6. The summed E-state index contributed by atoms with van der Waals surface area (Å²) < 4.78 is 0. The Labute approximate surface area is 341 Å². The highest BCUT2D eigenvalue weighted by atomic mass is 14.9. The van der Waals surface area contributed by atoms with E-state index in [9.17, 15) is 0 Å². The van der Waals surface area contributed by atoms with Gasteiger partial charge >= 0.3 is 0 Å². The molecule has 9 rings (SSSR count). The molecule has 0 spiro atoms. The van der Waals surface area contributed by atoms with Crippen LogP contribution in [0.5, 0.6) is 0 Å². The van der Waals surface area contributed by atoms with Crippen molar-refractivity contribution in [3.05, 3.63) is 211 Å². The van der Waals surface area contributed by atoms with Gasteiger partial charge in [0.15, 0.2) is 5.82 Å². The number of nitrogens with zero attached hydrogens (tertiary/aromatic N) is 2. The smallest absolute Gasteiger partial charge is 0.160 e. The van der Waals surface area contributed by atoms with Gasteiger partial charge < -0.3 is 0 Å². The fourth-order valence-electron chi connectivity index (χ4n) is 7.91. The van der Waals surface area contributed by atoms with Gasteiger partial charge in [0.2, 0.25) is 0 Å². The van der Waals surface area contributed by atoms with Crippen molar-refractivity contribution in [2.24, 2.45) is 0 Å². The van der Waals surface area contributed by atoms with Gasteiger partial charge in [0.25, 0.3) is 0 Å². The summed E-state index contributed by atoms with van der Waals surface area (Å²) in [5.74, 6) is 0.692. The van der Waals surface area contributed by atoms with Crippen molar-refractivity contribution < 1.29 is 0 Å². The van der Waals surface area contributed by atoms with Crippen molar-refractivity contribution in [3.63, 3.8) is 0 Å². The second-order valence-electron chi connectivity index (χ2n) is 14.9. The number of hydrogen-bond donors (Lipinski definition) is 0. The molecule has 0 fully saturated rings. The summed E-state index contributed by atoms with van der Waals surface area (Å²) in [7, 11) is 0. The summed E-state index contributed by atoms with van der Waals surface area (Å²) in [6.45, 7) is 6.44. The largest absolute Gasteiger partial charge is 0.228 e. The SMILES string of the molecule is C\C=C/C=C(\C=C(/C)CC)c1cccc(-c2cc(-c3cccc(-c4ccccc4)c3)nc(-c3ccc(-c4ccc5c6ccccc6c6ccccc6c5c4)cc3)n2)c1. The van der Waals surface area contributed by atoms with Crippen LogP contribution in [0.3, 0.4) is 0 Å². The molecule has 1 aromatic heterocycles. The average Bonchev–Trinajstić information content (AvgIpc) is 3.30. The van der Waals surface area contributed by atoms with E-state index in [1.807, 2.05) is 0 Å². The maximum atomic E-state index is 5.27. The average molecular weight is 745 g/mol. The molecule has 0 amide bonds. The van der Waals surface area contributed by atoms with Gasteiger partial charge in [-0.1, -0.05) is 188 Å². The van der Waals surface area contributed by atoms with Crippen molar-refractivity contribution >= 4 is 37.9 Å². The van der Waals surface area contributed by atoms with Gasteiger partial charge in [0.1, 0.15) is 0 Å². The summed E-state index contributed by atoms with van der Waals surface area (Å²) in [5.41, 5.74) is 13.1. The molecule has 0 bridgehead atoms. The molecule has 0 saturated carbocycles. The second kappa shape index (κ2) is 16.1. The summed E-state index contributed by atoms with van der Waals surface area (Å²) in [4.78, 5) is 10.5. The highest BCUT2D eigenvalue weighted by Gasteiger charge is 2.14. The van der Waals surface area contributed by atoms with Gasteiger partial charge in [-0.25, -0.2) is 9.97 Å². The third kappa shape index (κ3) is 7.29. The topological polar surface area (TPSA) is 25.8 Å². The minimum absolute atomic E-state index is 0.692. The Hall–Kier alpha value is -7.16. The molecular weight excluding hydrogens is 701 g/mol. The van der Waals surface area contributed by atoms with E-state index in [0.29, 0.717) is 5.82 Å². The Bertz CT molecular complexity index is 3000. The van der Waals surface area contributed by atoms with E-state index in [0.717, 1.165) is 51.2 Å². The van der Waals surface area contributed by atoms with Crippen LogP contribution in [0.1, 0.15) is 32.8 Å². The molecule has 2 heteroatoms. The lowest BCUT2D eigenvalue weighted by Crippen LogP contribution is -1.97. The molecule has 8 aromatic carbocycles. The quantitative estimate of drug-likeness (QED) is 0.109. The Kier molecular flexibility index (Phi) is 10.1.